The molecule has 31 heavy (non-hydrogen) atoms. The fourth-order valence-electron chi connectivity index (χ4n) is 3.27. The molecule has 7 nitrogen and oxygen atoms in total. The van der Waals surface area contributed by atoms with Gasteiger partial charge in [-0.3, -0.25) is 4.79 Å². The summed E-state index contributed by atoms with van der Waals surface area (Å²) in [4.78, 5) is 21.2. The van der Waals surface area contributed by atoms with Gasteiger partial charge in [-0.05, 0) is 50.2 Å². The van der Waals surface area contributed by atoms with Crippen LogP contribution < -0.4 is 10.6 Å². The molecule has 0 bridgehead atoms. The zero-order chi connectivity index (χ0) is 22.0. The van der Waals surface area contributed by atoms with Gasteiger partial charge in [0.25, 0.3) is 5.91 Å². The predicted octanol–water partition coefficient (Wildman–Crippen LogP) is 4.07. The van der Waals surface area contributed by atoms with E-state index < -0.39 is 0 Å². The first-order chi connectivity index (χ1) is 14.9. The van der Waals surface area contributed by atoms with Gasteiger partial charge < -0.3 is 10.6 Å². The van der Waals surface area contributed by atoms with Gasteiger partial charge in [-0.15, -0.1) is 0 Å². The first-order valence-corrected chi connectivity index (χ1v) is 10.1. The minimum atomic E-state index is -0.380. The molecule has 4 rings (SSSR count). The van der Waals surface area contributed by atoms with Crippen molar-refractivity contribution in [3.8, 4) is 5.69 Å². The van der Waals surface area contributed by atoms with Crippen LogP contribution >= 0.6 is 11.6 Å². The van der Waals surface area contributed by atoms with Crippen LogP contribution in [0.3, 0.4) is 0 Å². The Bertz CT molecular complexity index is 1260. The van der Waals surface area contributed by atoms with Gasteiger partial charge in [0, 0.05) is 18.7 Å². The van der Waals surface area contributed by atoms with Crippen molar-refractivity contribution in [1.29, 1.82) is 0 Å². The Morgan fingerprint density at radius 1 is 1.06 bits per heavy atom. The summed E-state index contributed by atoms with van der Waals surface area (Å²) in [5, 5.41) is 12.0. The molecule has 2 heterocycles. The molecule has 0 spiro atoms. The van der Waals surface area contributed by atoms with Gasteiger partial charge in [0.05, 0.1) is 21.8 Å². The summed E-state index contributed by atoms with van der Waals surface area (Å²) >= 11 is 6.36. The van der Waals surface area contributed by atoms with Crippen LogP contribution in [0.5, 0.6) is 0 Å². The van der Waals surface area contributed by atoms with Crippen molar-refractivity contribution in [3.63, 3.8) is 0 Å². The molecule has 1 amide bonds. The molecule has 0 fully saturated rings. The Balaban J connectivity index is 1.52. The summed E-state index contributed by atoms with van der Waals surface area (Å²) in [6, 6.07) is 12.8. The van der Waals surface area contributed by atoms with E-state index in [9.17, 15) is 9.18 Å². The summed E-state index contributed by atoms with van der Waals surface area (Å²) in [6.45, 7) is 4.49. The molecule has 2 aromatic heterocycles. The van der Waals surface area contributed by atoms with Crippen molar-refractivity contribution in [2.45, 2.75) is 13.8 Å². The maximum Gasteiger partial charge on any atom is 0.251 e. The van der Waals surface area contributed by atoms with E-state index in [1.807, 2.05) is 25.1 Å². The van der Waals surface area contributed by atoms with Crippen molar-refractivity contribution in [2.75, 3.05) is 18.4 Å². The highest BCUT2D eigenvalue weighted by atomic mass is 35.5. The number of hydrogen-bond acceptors (Lipinski definition) is 5. The van der Waals surface area contributed by atoms with Gasteiger partial charge in [-0.2, -0.15) is 5.10 Å². The third-order valence-corrected chi connectivity index (χ3v) is 5.02. The minimum absolute atomic E-state index is 0.270. The Kier molecular flexibility index (Phi) is 5.81. The number of aryl methyl sites for hydroxylation is 2. The first-order valence-electron chi connectivity index (χ1n) is 9.70. The van der Waals surface area contributed by atoms with E-state index >= 15 is 0 Å². The fraction of sp³-hybridized carbons (Fsp3) is 0.182. The second-order valence-corrected chi connectivity index (χ2v) is 7.36. The molecule has 0 saturated carbocycles. The number of nitrogens with one attached hydrogen (secondary N) is 2. The Morgan fingerprint density at radius 3 is 2.55 bits per heavy atom. The number of nitrogens with zero attached hydrogens (tertiary/aromatic N) is 4. The Labute approximate surface area is 183 Å². The van der Waals surface area contributed by atoms with Crippen LogP contribution in [0.4, 0.5) is 10.2 Å². The number of benzene rings is 2. The normalized spacial score (nSPS) is 11.0. The van der Waals surface area contributed by atoms with E-state index in [1.165, 1.54) is 24.3 Å². The lowest BCUT2D eigenvalue weighted by atomic mass is 10.2. The van der Waals surface area contributed by atoms with Crippen LogP contribution in [0.2, 0.25) is 5.02 Å². The molecule has 0 aliphatic rings. The third kappa shape index (κ3) is 4.34. The van der Waals surface area contributed by atoms with Gasteiger partial charge in [-0.25, -0.2) is 19.0 Å². The van der Waals surface area contributed by atoms with E-state index in [2.05, 4.69) is 25.7 Å². The predicted molar refractivity (Wildman–Crippen MR) is 118 cm³/mol. The molecule has 0 atom stereocenters. The summed E-state index contributed by atoms with van der Waals surface area (Å²) in [7, 11) is 0. The highest BCUT2D eigenvalue weighted by Gasteiger charge is 2.17. The maximum atomic E-state index is 13.0. The maximum absolute atomic E-state index is 13.0. The summed E-state index contributed by atoms with van der Waals surface area (Å²) in [5.74, 6) is 0.565. The number of amides is 1. The van der Waals surface area contributed by atoms with Crippen LogP contribution in [0.1, 0.15) is 21.9 Å². The molecule has 0 aliphatic heterocycles. The standard InChI is InChI=1S/C22H20ClFN6O/c1-13-19-20(25-11-12-26-22(31)15-7-9-16(24)10-8-15)27-14(2)28-21(19)30(29-13)18-6-4-3-5-17(18)23/h3-10H,11-12H2,1-2H3,(H,26,31)(H,25,27,28). The van der Waals surface area contributed by atoms with Gasteiger partial charge in [0.1, 0.15) is 17.5 Å². The number of anilines is 1. The van der Waals surface area contributed by atoms with Crippen LogP contribution in [0.15, 0.2) is 48.5 Å². The molecule has 4 aromatic rings. The number of carbonyl (C=O) groups is 1. The number of para-hydroxylation sites is 1. The lowest BCUT2D eigenvalue weighted by Gasteiger charge is -2.10. The van der Waals surface area contributed by atoms with Gasteiger partial charge in [0.2, 0.25) is 0 Å². The molecule has 9 heteroatoms. The van der Waals surface area contributed by atoms with Crippen LogP contribution in [-0.2, 0) is 0 Å². The molecule has 0 aliphatic carbocycles. The van der Waals surface area contributed by atoms with Crippen molar-refractivity contribution in [3.05, 3.63) is 76.5 Å². The van der Waals surface area contributed by atoms with E-state index in [1.54, 1.807) is 17.7 Å². The second-order valence-electron chi connectivity index (χ2n) is 6.96. The van der Waals surface area contributed by atoms with E-state index in [0.717, 1.165) is 16.8 Å². The topological polar surface area (TPSA) is 84.7 Å². The average Bonchev–Trinajstić information content (AvgIpc) is 3.07. The van der Waals surface area contributed by atoms with Gasteiger partial charge in [-0.1, -0.05) is 23.7 Å². The molecule has 0 saturated heterocycles. The SMILES string of the molecule is Cc1nc(NCCNC(=O)c2ccc(F)cc2)c2c(C)nn(-c3ccccc3Cl)c2n1. The molecular weight excluding hydrogens is 419 g/mol. The average molecular weight is 439 g/mol. The summed E-state index contributed by atoms with van der Waals surface area (Å²) in [5.41, 5.74) is 2.54. The van der Waals surface area contributed by atoms with Crippen molar-refractivity contribution in [1.82, 2.24) is 25.1 Å². The number of fused-ring (bicyclic) bond motifs is 1. The summed E-state index contributed by atoms with van der Waals surface area (Å²) < 4.78 is 14.7. The molecule has 0 unspecified atom stereocenters. The zero-order valence-corrected chi connectivity index (χ0v) is 17.7. The molecule has 2 N–H and O–H groups in total. The molecule has 0 radical (unpaired) electrons. The van der Waals surface area contributed by atoms with E-state index in [4.69, 9.17) is 11.6 Å². The number of halogens is 2. The Morgan fingerprint density at radius 2 is 1.81 bits per heavy atom. The number of rotatable bonds is 6. The number of aromatic nitrogens is 4. The van der Waals surface area contributed by atoms with Crippen LogP contribution in [0, 0.1) is 19.7 Å². The second kappa shape index (κ2) is 8.69. The van der Waals surface area contributed by atoms with Crippen molar-refractivity contribution in [2.24, 2.45) is 0 Å². The monoisotopic (exact) mass is 438 g/mol. The number of carbonyl (C=O) groups excluding carboxylic acids is 1. The van der Waals surface area contributed by atoms with Gasteiger partial charge in [0.15, 0.2) is 5.65 Å². The fourth-order valence-corrected chi connectivity index (χ4v) is 3.49. The highest BCUT2D eigenvalue weighted by Crippen LogP contribution is 2.28. The quantitative estimate of drug-likeness (QED) is 0.443. The lowest BCUT2D eigenvalue weighted by molar-refractivity contribution is 0.0955. The first kappa shape index (κ1) is 20.7. The highest BCUT2D eigenvalue weighted by molar-refractivity contribution is 6.32. The summed E-state index contributed by atoms with van der Waals surface area (Å²) in [6.07, 6.45) is 0. The van der Waals surface area contributed by atoms with Crippen LogP contribution in [-0.4, -0.2) is 38.7 Å². The van der Waals surface area contributed by atoms with Crippen molar-refractivity contribution >= 4 is 34.4 Å². The van der Waals surface area contributed by atoms with Gasteiger partial charge >= 0.3 is 0 Å². The minimum Gasteiger partial charge on any atom is -0.368 e. The van der Waals surface area contributed by atoms with E-state index in [-0.39, 0.29) is 11.7 Å². The van der Waals surface area contributed by atoms with Crippen molar-refractivity contribution < 1.29 is 9.18 Å². The number of hydrogen-bond donors (Lipinski definition) is 2. The molecule has 2 aromatic carbocycles. The molecular formula is C22H20ClFN6O. The molecule has 158 valence electrons. The largest absolute Gasteiger partial charge is 0.368 e. The Hall–Kier alpha value is -3.52. The van der Waals surface area contributed by atoms with Crippen LogP contribution in [0.25, 0.3) is 16.7 Å². The van der Waals surface area contributed by atoms with E-state index in [0.29, 0.717) is 41.0 Å². The zero-order valence-electron chi connectivity index (χ0n) is 17.0. The third-order valence-electron chi connectivity index (χ3n) is 4.70. The lowest BCUT2D eigenvalue weighted by Crippen LogP contribution is -2.29. The smallest absolute Gasteiger partial charge is 0.251 e.